The van der Waals surface area contributed by atoms with Crippen molar-refractivity contribution in [3.05, 3.63) is 12.2 Å². The van der Waals surface area contributed by atoms with E-state index in [1.54, 1.807) is 6.33 Å². The average molecular weight is 222 g/mol. The van der Waals surface area contributed by atoms with Gasteiger partial charge in [0.05, 0.1) is 0 Å². The van der Waals surface area contributed by atoms with Crippen molar-refractivity contribution >= 4 is 0 Å². The van der Waals surface area contributed by atoms with Crippen LogP contribution in [0.3, 0.4) is 0 Å². The van der Waals surface area contributed by atoms with Gasteiger partial charge in [0, 0.05) is 19.0 Å². The molecule has 16 heavy (non-hydrogen) atoms. The molecule has 0 aliphatic heterocycles. The minimum atomic E-state index is 0.419. The summed E-state index contributed by atoms with van der Waals surface area (Å²) < 4.78 is 2.02. The topological polar surface area (TPSA) is 56.7 Å². The van der Waals surface area contributed by atoms with Gasteiger partial charge in [-0.3, -0.25) is 4.68 Å². The predicted octanol–water partition coefficient (Wildman–Crippen LogP) is 1.75. The van der Waals surface area contributed by atoms with Gasteiger partial charge in [-0.05, 0) is 38.0 Å². The zero-order valence-electron chi connectivity index (χ0n) is 10.1. The molecule has 0 saturated heterocycles. The van der Waals surface area contributed by atoms with E-state index in [-0.39, 0.29) is 0 Å². The molecule has 1 fully saturated rings. The first-order valence-corrected chi connectivity index (χ1v) is 6.43. The van der Waals surface area contributed by atoms with E-state index in [9.17, 15) is 0 Å². The Morgan fingerprint density at radius 2 is 2.38 bits per heavy atom. The summed E-state index contributed by atoms with van der Waals surface area (Å²) >= 11 is 0. The van der Waals surface area contributed by atoms with Crippen LogP contribution in [0.25, 0.3) is 0 Å². The molecule has 2 N–H and O–H groups in total. The van der Waals surface area contributed by atoms with Crippen molar-refractivity contribution < 1.29 is 0 Å². The van der Waals surface area contributed by atoms with Crippen LogP contribution in [0.4, 0.5) is 0 Å². The van der Waals surface area contributed by atoms with E-state index < -0.39 is 0 Å². The van der Waals surface area contributed by atoms with Crippen molar-refractivity contribution in [2.75, 3.05) is 0 Å². The Bertz CT molecular complexity index is 317. The summed E-state index contributed by atoms with van der Waals surface area (Å²) in [6.07, 6.45) is 8.73. The number of aromatic nitrogens is 3. The molecule has 1 aromatic rings. The van der Waals surface area contributed by atoms with Gasteiger partial charge in [0.25, 0.3) is 0 Å². The van der Waals surface area contributed by atoms with Crippen LogP contribution in [0.15, 0.2) is 6.33 Å². The largest absolute Gasteiger partial charge is 0.327 e. The van der Waals surface area contributed by atoms with Crippen molar-refractivity contribution in [2.24, 2.45) is 11.7 Å². The molecule has 0 amide bonds. The van der Waals surface area contributed by atoms with Gasteiger partial charge in [-0.25, -0.2) is 4.98 Å². The van der Waals surface area contributed by atoms with Crippen LogP contribution in [0.2, 0.25) is 0 Å². The zero-order valence-corrected chi connectivity index (χ0v) is 10.1. The summed E-state index contributed by atoms with van der Waals surface area (Å²) in [4.78, 5) is 4.30. The van der Waals surface area contributed by atoms with Crippen LogP contribution < -0.4 is 5.73 Å². The van der Waals surface area contributed by atoms with E-state index in [4.69, 9.17) is 5.73 Å². The van der Waals surface area contributed by atoms with E-state index in [0.29, 0.717) is 6.04 Å². The standard InChI is InChI=1S/C12H22N4/c1-2-8-16-12(14-9-15-16)5-3-4-11(13)10-6-7-10/h9-11H,2-8,13H2,1H3. The lowest BCUT2D eigenvalue weighted by Gasteiger charge is -2.09. The van der Waals surface area contributed by atoms with E-state index in [0.717, 1.165) is 44.0 Å². The van der Waals surface area contributed by atoms with Gasteiger partial charge in [-0.15, -0.1) is 0 Å². The first kappa shape index (κ1) is 11.6. The summed E-state index contributed by atoms with van der Waals surface area (Å²) in [6.45, 7) is 3.14. The average Bonchev–Trinajstić information content (AvgIpc) is 3.03. The minimum absolute atomic E-state index is 0.419. The Kier molecular flexibility index (Phi) is 3.93. The zero-order chi connectivity index (χ0) is 11.4. The first-order valence-electron chi connectivity index (χ1n) is 6.43. The molecule has 4 nitrogen and oxygen atoms in total. The van der Waals surface area contributed by atoms with Gasteiger partial charge in [-0.1, -0.05) is 6.92 Å². The molecule has 0 aromatic carbocycles. The predicted molar refractivity (Wildman–Crippen MR) is 64.0 cm³/mol. The highest BCUT2D eigenvalue weighted by molar-refractivity contribution is 4.87. The van der Waals surface area contributed by atoms with Crippen LogP contribution in [0.1, 0.15) is 44.9 Å². The molecule has 0 bridgehead atoms. The number of aryl methyl sites for hydroxylation is 2. The molecule has 0 radical (unpaired) electrons. The molecule has 0 spiro atoms. The van der Waals surface area contributed by atoms with Crippen molar-refractivity contribution in [3.63, 3.8) is 0 Å². The van der Waals surface area contributed by atoms with Gasteiger partial charge in [0.2, 0.25) is 0 Å². The maximum atomic E-state index is 6.07. The Hall–Kier alpha value is -0.900. The second-order valence-electron chi connectivity index (χ2n) is 4.79. The fraction of sp³-hybridized carbons (Fsp3) is 0.833. The molecule has 4 heteroatoms. The van der Waals surface area contributed by atoms with Gasteiger partial charge in [0.1, 0.15) is 12.2 Å². The molecule has 1 aliphatic carbocycles. The van der Waals surface area contributed by atoms with Crippen molar-refractivity contribution in [1.29, 1.82) is 0 Å². The number of hydrogen-bond acceptors (Lipinski definition) is 3. The summed E-state index contributed by atoms with van der Waals surface area (Å²) in [6, 6.07) is 0.419. The van der Waals surface area contributed by atoms with Crippen LogP contribution in [0, 0.1) is 5.92 Å². The highest BCUT2D eigenvalue weighted by Gasteiger charge is 2.27. The van der Waals surface area contributed by atoms with E-state index in [1.165, 1.54) is 12.8 Å². The van der Waals surface area contributed by atoms with Crippen LogP contribution in [0.5, 0.6) is 0 Å². The molecular formula is C12H22N4. The molecule has 1 heterocycles. The maximum absolute atomic E-state index is 6.07. The van der Waals surface area contributed by atoms with Crippen LogP contribution >= 0.6 is 0 Å². The van der Waals surface area contributed by atoms with Crippen molar-refractivity contribution in [1.82, 2.24) is 14.8 Å². The molecule has 2 rings (SSSR count). The second-order valence-corrected chi connectivity index (χ2v) is 4.79. The number of rotatable bonds is 7. The van der Waals surface area contributed by atoms with E-state index in [2.05, 4.69) is 17.0 Å². The molecule has 90 valence electrons. The Morgan fingerprint density at radius 3 is 3.06 bits per heavy atom. The fourth-order valence-electron chi connectivity index (χ4n) is 2.14. The highest BCUT2D eigenvalue weighted by Crippen LogP contribution is 2.33. The Balaban J connectivity index is 1.73. The number of hydrogen-bond donors (Lipinski definition) is 1. The van der Waals surface area contributed by atoms with Gasteiger partial charge >= 0.3 is 0 Å². The summed E-state index contributed by atoms with van der Waals surface area (Å²) in [7, 11) is 0. The number of nitrogens with zero attached hydrogens (tertiary/aromatic N) is 3. The summed E-state index contributed by atoms with van der Waals surface area (Å²) in [5.41, 5.74) is 6.07. The molecular weight excluding hydrogens is 200 g/mol. The molecule has 1 unspecified atom stereocenters. The third-order valence-electron chi connectivity index (χ3n) is 3.30. The molecule has 1 atom stereocenters. The lowest BCUT2D eigenvalue weighted by Crippen LogP contribution is -2.22. The van der Waals surface area contributed by atoms with Crippen molar-refractivity contribution in [2.45, 2.75) is 58.0 Å². The monoisotopic (exact) mass is 222 g/mol. The normalized spacial score (nSPS) is 17.6. The first-order chi connectivity index (χ1) is 7.81. The van der Waals surface area contributed by atoms with Crippen LogP contribution in [-0.4, -0.2) is 20.8 Å². The van der Waals surface area contributed by atoms with E-state index in [1.807, 2.05) is 4.68 Å². The number of nitrogens with two attached hydrogens (primary N) is 1. The molecule has 1 saturated carbocycles. The highest BCUT2D eigenvalue weighted by atomic mass is 15.3. The third-order valence-corrected chi connectivity index (χ3v) is 3.30. The lowest BCUT2D eigenvalue weighted by molar-refractivity contribution is 0.507. The molecule has 1 aromatic heterocycles. The Morgan fingerprint density at radius 1 is 1.56 bits per heavy atom. The second kappa shape index (κ2) is 5.43. The lowest BCUT2D eigenvalue weighted by atomic mass is 10.1. The Labute approximate surface area is 97.2 Å². The smallest absolute Gasteiger partial charge is 0.138 e. The van der Waals surface area contributed by atoms with Gasteiger partial charge < -0.3 is 5.73 Å². The third kappa shape index (κ3) is 3.04. The SMILES string of the molecule is CCCn1ncnc1CCCC(N)C1CC1. The van der Waals surface area contributed by atoms with Gasteiger partial charge in [-0.2, -0.15) is 5.10 Å². The molecule has 1 aliphatic rings. The summed E-state index contributed by atoms with van der Waals surface area (Å²) in [5.74, 6) is 1.93. The van der Waals surface area contributed by atoms with E-state index >= 15 is 0 Å². The maximum Gasteiger partial charge on any atom is 0.138 e. The minimum Gasteiger partial charge on any atom is -0.327 e. The quantitative estimate of drug-likeness (QED) is 0.764. The fourth-order valence-corrected chi connectivity index (χ4v) is 2.14. The summed E-state index contributed by atoms with van der Waals surface area (Å²) in [5, 5.41) is 4.23. The van der Waals surface area contributed by atoms with Crippen molar-refractivity contribution in [3.8, 4) is 0 Å². The van der Waals surface area contributed by atoms with Crippen LogP contribution in [-0.2, 0) is 13.0 Å². The van der Waals surface area contributed by atoms with Gasteiger partial charge in [0.15, 0.2) is 0 Å².